The Labute approximate surface area is 156 Å². The van der Waals surface area contributed by atoms with Crippen LogP contribution in [-0.4, -0.2) is 34.6 Å². The number of nitrogens with zero attached hydrogens (tertiary/aromatic N) is 4. The van der Waals surface area contributed by atoms with E-state index in [0.717, 1.165) is 35.4 Å². The molecular formula is C21H20N6. The van der Waals surface area contributed by atoms with Crippen molar-refractivity contribution in [1.82, 2.24) is 15.0 Å². The van der Waals surface area contributed by atoms with Gasteiger partial charge in [-0.1, -0.05) is 42.5 Å². The highest BCUT2D eigenvalue weighted by atomic mass is 15.2. The first-order chi connectivity index (χ1) is 13.2. The number of fused-ring (bicyclic) bond motifs is 2. The monoisotopic (exact) mass is 356 g/mol. The molecular weight excluding hydrogens is 336 g/mol. The Hall–Kier alpha value is -3.25. The third-order valence-electron chi connectivity index (χ3n) is 5.24. The minimum atomic E-state index is 0.238. The second-order valence-corrected chi connectivity index (χ2v) is 7.03. The molecule has 6 heteroatoms. The van der Waals surface area contributed by atoms with E-state index < -0.39 is 0 Å². The summed E-state index contributed by atoms with van der Waals surface area (Å²) in [5.41, 5.74) is 14.5. The summed E-state index contributed by atoms with van der Waals surface area (Å²) in [5, 5.41) is 3.29. The van der Waals surface area contributed by atoms with E-state index >= 15 is 0 Å². The van der Waals surface area contributed by atoms with Crippen LogP contribution in [0.4, 0.5) is 11.8 Å². The first-order valence-electron chi connectivity index (χ1n) is 9.09. The molecule has 4 N–H and O–H groups in total. The van der Waals surface area contributed by atoms with Crippen molar-refractivity contribution in [2.24, 2.45) is 11.7 Å². The lowest BCUT2D eigenvalue weighted by Gasteiger charge is -2.40. The highest BCUT2D eigenvalue weighted by Crippen LogP contribution is 2.38. The minimum absolute atomic E-state index is 0.238. The number of hydrogen-bond donors (Lipinski definition) is 2. The van der Waals surface area contributed by atoms with Gasteiger partial charge in [0, 0.05) is 36.2 Å². The normalized spacial score (nSPS) is 14.6. The number of pyridine rings is 1. The van der Waals surface area contributed by atoms with Crippen molar-refractivity contribution in [2.75, 3.05) is 30.3 Å². The molecule has 134 valence electrons. The van der Waals surface area contributed by atoms with Gasteiger partial charge in [0.25, 0.3) is 0 Å². The molecule has 1 aliphatic rings. The Bertz CT molecular complexity index is 1140. The van der Waals surface area contributed by atoms with Crippen molar-refractivity contribution in [3.05, 3.63) is 54.7 Å². The number of nitrogen functional groups attached to an aromatic ring is 1. The Morgan fingerprint density at radius 1 is 0.963 bits per heavy atom. The summed E-state index contributed by atoms with van der Waals surface area (Å²) in [5.74, 6) is 1.68. The van der Waals surface area contributed by atoms with Gasteiger partial charge >= 0.3 is 0 Å². The zero-order valence-corrected chi connectivity index (χ0v) is 14.8. The van der Waals surface area contributed by atoms with Gasteiger partial charge in [-0.3, -0.25) is 0 Å². The molecule has 2 aromatic carbocycles. The molecule has 27 heavy (non-hydrogen) atoms. The summed E-state index contributed by atoms with van der Waals surface area (Å²) in [6.45, 7) is 2.52. The summed E-state index contributed by atoms with van der Waals surface area (Å²) in [6.07, 6.45) is 1.74. The lowest BCUT2D eigenvalue weighted by Crippen LogP contribution is -2.50. The molecule has 0 amide bonds. The predicted molar refractivity (Wildman–Crippen MR) is 109 cm³/mol. The quantitative estimate of drug-likeness (QED) is 0.586. The molecule has 4 aromatic rings. The van der Waals surface area contributed by atoms with Crippen LogP contribution in [0.1, 0.15) is 0 Å². The lowest BCUT2D eigenvalue weighted by atomic mass is 9.95. The largest absolute Gasteiger partial charge is 0.368 e. The maximum absolute atomic E-state index is 5.82. The average Bonchev–Trinajstić information content (AvgIpc) is 2.66. The second kappa shape index (κ2) is 6.17. The van der Waals surface area contributed by atoms with Crippen LogP contribution >= 0.6 is 0 Å². The molecule has 0 spiro atoms. The van der Waals surface area contributed by atoms with Crippen molar-refractivity contribution < 1.29 is 0 Å². The van der Waals surface area contributed by atoms with E-state index in [-0.39, 0.29) is 5.95 Å². The van der Waals surface area contributed by atoms with Crippen molar-refractivity contribution >= 4 is 33.6 Å². The summed E-state index contributed by atoms with van der Waals surface area (Å²) >= 11 is 0. The maximum atomic E-state index is 5.82. The van der Waals surface area contributed by atoms with Gasteiger partial charge in [-0.05, 0) is 28.9 Å². The van der Waals surface area contributed by atoms with Crippen LogP contribution in [0, 0.1) is 5.92 Å². The van der Waals surface area contributed by atoms with E-state index in [1.54, 1.807) is 6.20 Å². The van der Waals surface area contributed by atoms with Crippen LogP contribution in [0.5, 0.6) is 0 Å². The van der Waals surface area contributed by atoms with E-state index in [0.29, 0.717) is 18.1 Å². The van der Waals surface area contributed by atoms with Crippen molar-refractivity contribution in [3.63, 3.8) is 0 Å². The number of nitrogens with two attached hydrogens (primary N) is 2. The fraction of sp³-hybridized carbons (Fsp3) is 0.190. The third-order valence-corrected chi connectivity index (χ3v) is 5.24. The van der Waals surface area contributed by atoms with E-state index in [1.165, 1.54) is 10.8 Å². The van der Waals surface area contributed by atoms with Gasteiger partial charge in [-0.2, -0.15) is 4.98 Å². The molecule has 0 bridgehead atoms. The number of rotatable bonds is 3. The van der Waals surface area contributed by atoms with E-state index in [9.17, 15) is 0 Å². The first kappa shape index (κ1) is 16.0. The van der Waals surface area contributed by atoms with Crippen molar-refractivity contribution in [3.8, 4) is 11.1 Å². The highest BCUT2D eigenvalue weighted by molar-refractivity contribution is 6.01. The zero-order valence-electron chi connectivity index (χ0n) is 14.8. The summed E-state index contributed by atoms with van der Waals surface area (Å²) in [7, 11) is 0. The van der Waals surface area contributed by atoms with Gasteiger partial charge in [0.05, 0.1) is 0 Å². The Morgan fingerprint density at radius 2 is 1.78 bits per heavy atom. The fourth-order valence-electron chi connectivity index (χ4n) is 3.76. The molecule has 0 saturated carbocycles. The van der Waals surface area contributed by atoms with Crippen LogP contribution in [0.3, 0.4) is 0 Å². The molecule has 1 fully saturated rings. The number of anilines is 2. The van der Waals surface area contributed by atoms with Gasteiger partial charge in [0.1, 0.15) is 5.82 Å². The molecule has 0 aliphatic carbocycles. The standard InChI is InChI=1S/C21H20N6/c22-9-13-11-27(12-13)20-18(8-15-10-24-21(23)26-19(15)25-20)17-7-3-5-14-4-1-2-6-16(14)17/h1-8,10,13H,9,11-12,22H2,(H2,23,24,25,26). The number of hydrogen-bond acceptors (Lipinski definition) is 6. The summed E-state index contributed by atoms with van der Waals surface area (Å²) in [6, 6.07) is 16.9. The van der Waals surface area contributed by atoms with Crippen LogP contribution < -0.4 is 16.4 Å². The maximum Gasteiger partial charge on any atom is 0.222 e. The van der Waals surface area contributed by atoms with Gasteiger partial charge in [-0.25, -0.2) is 9.97 Å². The van der Waals surface area contributed by atoms with Crippen LogP contribution in [0.2, 0.25) is 0 Å². The molecule has 1 aliphatic heterocycles. The molecule has 6 nitrogen and oxygen atoms in total. The van der Waals surface area contributed by atoms with E-state index in [1.807, 2.05) is 0 Å². The van der Waals surface area contributed by atoms with Crippen LogP contribution in [-0.2, 0) is 0 Å². The Morgan fingerprint density at radius 3 is 2.63 bits per heavy atom. The smallest absolute Gasteiger partial charge is 0.222 e. The van der Waals surface area contributed by atoms with Crippen molar-refractivity contribution in [2.45, 2.75) is 0 Å². The Kier molecular flexibility index (Phi) is 3.65. The Balaban J connectivity index is 1.75. The van der Waals surface area contributed by atoms with Gasteiger partial charge in [-0.15, -0.1) is 0 Å². The molecule has 0 radical (unpaired) electrons. The predicted octanol–water partition coefficient (Wildman–Crippen LogP) is 2.82. The van der Waals surface area contributed by atoms with Gasteiger partial charge in [0.15, 0.2) is 5.65 Å². The average molecular weight is 356 g/mol. The molecule has 0 atom stereocenters. The van der Waals surface area contributed by atoms with Gasteiger partial charge < -0.3 is 16.4 Å². The van der Waals surface area contributed by atoms with Crippen LogP contribution in [0.15, 0.2) is 54.7 Å². The van der Waals surface area contributed by atoms with Crippen molar-refractivity contribution in [1.29, 1.82) is 0 Å². The van der Waals surface area contributed by atoms with Crippen LogP contribution in [0.25, 0.3) is 32.9 Å². The number of benzene rings is 2. The molecule has 0 unspecified atom stereocenters. The molecule has 2 aromatic heterocycles. The highest BCUT2D eigenvalue weighted by Gasteiger charge is 2.29. The number of aromatic nitrogens is 3. The minimum Gasteiger partial charge on any atom is -0.368 e. The summed E-state index contributed by atoms with van der Waals surface area (Å²) in [4.78, 5) is 15.6. The summed E-state index contributed by atoms with van der Waals surface area (Å²) < 4.78 is 0. The fourth-order valence-corrected chi connectivity index (χ4v) is 3.76. The third kappa shape index (κ3) is 2.65. The van der Waals surface area contributed by atoms with E-state index in [4.69, 9.17) is 16.5 Å². The topological polar surface area (TPSA) is 94.0 Å². The van der Waals surface area contributed by atoms with Gasteiger partial charge in [0.2, 0.25) is 5.95 Å². The molecule has 3 heterocycles. The SMILES string of the molecule is NCC1CN(c2nc3nc(N)ncc3cc2-c2cccc3ccccc23)C1. The van der Waals surface area contributed by atoms with E-state index in [2.05, 4.69) is 63.4 Å². The molecule has 1 saturated heterocycles. The first-order valence-corrected chi connectivity index (χ1v) is 9.09. The lowest BCUT2D eigenvalue weighted by molar-refractivity contribution is 0.417. The second-order valence-electron chi connectivity index (χ2n) is 7.03. The molecule has 5 rings (SSSR count). The zero-order chi connectivity index (χ0) is 18.4.